The van der Waals surface area contributed by atoms with Crippen molar-refractivity contribution in [1.29, 1.82) is 0 Å². The topological polar surface area (TPSA) is 55.8 Å². The average molecular weight is 258 g/mol. The van der Waals surface area contributed by atoms with E-state index in [4.69, 9.17) is 9.47 Å². The first kappa shape index (κ1) is 15.4. The first-order chi connectivity index (χ1) is 8.60. The molecule has 0 radical (unpaired) electrons. The van der Waals surface area contributed by atoms with Gasteiger partial charge in [0, 0.05) is 26.9 Å². The van der Waals surface area contributed by atoms with E-state index in [-0.39, 0.29) is 0 Å². The highest BCUT2D eigenvalue weighted by molar-refractivity contribution is 5.74. The minimum Gasteiger partial charge on any atom is -0.481 e. The van der Waals surface area contributed by atoms with Gasteiger partial charge in [0.05, 0.1) is 5.41 Å². The van der Waals surface area contributed by atoms with Crippen LogP contribution in [0.5, 0.6) is 0 Å². The monoisotopic (exact) mass is 258 g/mol. The maximum atomic E-state index is 11.5. The van der Waals surface area contributed by atoms with Gasteiger partial charge in [-0.15, -0.1) is 0 Å². The molecule has 2 atom stereocenters. The molecule has 2 unspecified atom stereocenters. The van der Waals surface area contributed by atoms with Gasteiger partial charge in [-0.25, -0.2) is 0 Å². The third kappa shape index (κ3) is 4.58. The summed E-state index contributed by atoms with van der Waals surface area (Å²) in [7, 11) is 1.67. The number of rotatable bonds is 8. The molecule has 1 saturated carbocycles. The quantitative estimate of drug-likeness (QED) is 0.680. The van der Waals surface area contributed by atoms with Crippen LogP contribution in [0.2, 0.25) is 0 Å². The van der Waals surface area contributed by atoms with Gasteiger partial charge in [0.15, 0.2) is 0 Å². The molecule has 1 fully saturated rings. The van der Waals surface area contributed by atoms with E-state index in [2.05, 4.69) is 6.92 Å². The van der Waals surface area contributed by atoms with Crippen molar-refractivity contribution in [2.24, 2.45) is 11.3 Å². The Morgan fingerprint density at radius 1 is 1.39 bits per heavy atom. The number of ether oxygens (including phenoxy) is 2. The van der Waals surface area contributed by atoms with Gasteiger partial charge in [-0.05, 0) is 31.6 Å². The van der Waals surface area contributed by atoms with E-state index in [1.165, 1.54) is 0 Å². The zero-order chi connectivity index (χ0) is 13.4. The highest BCUT2D eigenvalue weighted by atomic mass is 16.5. The Kier molecular flexibility index (Phi) is 6.65. The summed E-state index contributed by atoms with van der Waals surface area (Å²) in [6.45, 7) is 4.04. The van der Waals surface area contributed by atoms with Crippen LogP contribution in [0.15, 0.2) is 0 Å². The summed E-state index contributed by atoms with van der Waals surface area (Å²) in [5.41, 5.74) is -0.543. The van der Waals surface area contributed by atoms with Crippen LogP contribution < -0.4 is 0 Å². The molecule has 1 aliphatic carbocycles. The first-order valence-electron chi connectivity index (χ1n) is 6.91. The van der Waals surface area contributed by atoms with Crippen LogP contribution in [-0.4, -0.2) is 38.0 Å². The Labute approximate surface area is 110 Å². The molecule has 0 aromatic carbocycles. The molecule has 1 N–H and O–H groups in total. The average Bonchev–Trinajstić information content (AvgIpc) is 2.33. The fourth-order valence-corrected chi connectivity index (χ4v) is 2.86. The van der Waals surface area contributed by atoms with Crippen molar-refractivity contribution in [2.45, 2.75) is 45.4 Å². The normalized spacial score (nSPS) is 28.2. The van der Waals surface area contributed by atoms with Gasteiger partial charge < -0.3 is 14.6 Å². The lowest BCUT2D eigenvalue weighted by Gasteiger charge is -2.36. The molecule has 0 aliphatic heterocycles. The lowest BCUT2D eigenvalue weighted by atomic mass is 9.68. The summed E-state index contributed by atoms with van der Waals surface area (Å²) in [6, 6.07) is 0. The number of hydrogen-bond donors (Lipinski definition) is 1. The molecule has 1 aliphatic rings. The Morgan fingerprint density at radius 3 is 2.78 bits per heavy atom. The van der Waals surface area contributed by atoms with Gasteiger partial charge in [-0.1, -0.05) is 19.8 Å². The molecule has 0 aromatic rings. The molecule has 106 valence electrons. The molecule has 4 nitrogen and oxygen atoms in total. The second kappa shape index (κ2) is 7.74. The molecule has 0 saturated heterocycles. The second-order valence-electron chi connectivity index (χ2n) is 5.50. The summed E-state index contributed by atoms with van der Waals surface area (Å²) >= 11 is 0. The molecule has 0 aromatic heterocycles. The standard InChI is InChI=1S/C14H26O4/c1-12-5-3-6-14(11-12,13(15)16)7-10-18-9-4-8-17-2/h12H,3-11H2,1-2H3,(H,15,16). The molecular formula is C14H26O4. The van der Waals surface area contributed by atoms with E-state index < -0.39 is 11.4 Å². The van der Waals surface area contributed by atoms with Crippen molar-refractivity contribution in [3.8, 4) is 0 Å². The van der Waals surface area contributed by atoms with Crippen LogP contribution in [0, 0.1) is 11.3 Å². The summed E-state index contributed by atoms with van der Waals surface area (Å²) in [6.07, 6.45) is 5.28. The molecule has 0 heterocycles. The van der Waals surface area contributed by atoms with E-state index in [0.29, 0.717) is 32.2 Å². The van der Waals surface area contributed by atoms with Crippen LogP contribution in [-0.2, 0) is 14.3 Å². The fourth-order valence-electron chi connectivity index (χ4n) is 2.86. The maximum Gasteiger partial charge on any atom is 0.309 e. The van der Waals surface area contributed by atoms with Gasteiger partial charge in [0.25, 0.3) is 0 Å². The van der Waals surface area contributed by atoms with Crippen LogP contribution in [0.25, 0.3) is 0 Å². The third-order valence-corrected chi connectivity index (χ3v) is 3.91. The number of methoxy groups -OCH3 is 1. The number of hydrogen-bond acceptors (Lipinski definition) is 3. The molecule has 0 spiro atoms. The molecule has 18 heavy (non-hydrogen) atoms. The van der Waals surface area contributed by atoms with Crippen molar-refractivity contribution in [3.05, 3.63) is 0 Å². The maximum absolute atomic E-state index is 11.5. The van der Waals surface area contributed by atoms with Crippen LogP contribution in [0.3, 0.4) is 0 Å². The zero-order valence-electron chi connectivity index (χ0n) is 11.6. The van der Waals surface area contributed by atoms with Crippen molar-refractivity contribution >= 4 is 5.97 Å². The van der Waals surface area contributed by atoms with Crippen molar-refractivity contribution < 1.29 is 19.4 Å². The predicted octanol–water partition coefficient (Wildman–Crippen LogP) is 2.71. The number of carboxylic acid groups (broad SMARTS) is 1. The fraction of sp³-hybridized carbons (Fsp3) is 0.929. The van der Waals surface area contributed by atoms with E-state index in [1.54, 1.807) is 7.11 Å². The van der Waals surface area contributed by atoms with Gasteiger partial charge in [-0.3, -0.25) is 4.79 Å². The predicted molar refractivity (Wildman–Crippen MR) is 69.6 cm³/mol. The molecule has 0 bridgehead atoms. The lowest BCUT2D eigenvalue weighted by molar-refractivity contribution is -0.153. The summed E-state index contributed by atoms with van der Waals surface area (Å²) in [5.74, 6) is -0.127. The largest absolute Gasteiger partial charge is 0.481 e. The molecule has 0 amide bonds. The van der Waals surface area contributed by atoms with E-state index in [1.807, 2.05) is 0 Å². The Bertz CT molecular complexity index is 254. The number of aliphatic carboxylic acids is 1. The smallest absolute Gasteiger partial charge is 0.309 e. The number of carbonyl (C=O) groups is 1. The molecular weight excluding hydrogens is 232 g/mol. The highest BCUT2D eigenvalue weighted by Crippen LogP contribution is 2.42. The Morgan fingerprint density at radius 2 is 2.17 bits per heavy atom. The van der Waals surface area contributed by atoms with Gasteiger partial charge >= 0.3 is 5.97 Å². The summed E-state index contributed by atoms with van der Waals surface area (Å²) < 4.78 is 10.4. The minimum absolute atomic E-state index is 0.517. The lowest BCUT2D eigenvalue weighted by Crippen LogP contribution is -2.37. The minimum atomic E-state index is -0.644. The number of carboxylic acids is 1. The summed E-state index contributed by atoms with van der Waals surface area (Å²) in [5, 5.41) is 9.47. The van der Waals surface area contributed by atoms with Crippen LogP contribution >= 0.6 is 0 Å². The Hall–Kier alpha value is -0.610. The van der Waals surface area contributed by atoms with Crippen molar-refractivity contribution in [2.75, 3.05) is 26.9 Å². The van der Waals surface area contributed by atoms with E-state index in [0.717, 1.165) is 32.1 Å². The van der Waals surface area contributed by atoms with Crippen LogP contribution in [0.1, 0.15) is 45.4 Å². The summed E-state index contributed by atoms with van der Waals surface area (Å²) in [4.78, 5) is 11.5. The Balaban J connectivity index is 2.32. The highest BCUT2D eigenvalue weighted by Gasteiger charge is 2.41. The van der Waals surface area contributed by atoms with Crippen molar-refractivity contribution in [1.82, 2.24) is 0 Å². The van der Waals surface area contributed by atoms with Gasteiger partial charge in [0.2, 0.25) is 0 Å². The molecule has 1 rings (SSSR count). The SMILES string of the molecule is COCCCOCCC1(C(=O)O)CCCC(C)C1. The van der Waals surface area contributed by atoms with E-state index in [9.17, 15) is 9.90 Å². The van der Waals surface area contributed by atoms with Gasteiger partial charge in [0.1, 0.15) is 0 Å². The van der Waals surface area contributed by atoms with E-state index >= 15 is 0 Å². The third-order valence-electron chi connectivity index (χ3n) is 3.91. The van der Waals surface area contributed by atoms with Crippen molar-refractivity contribution in [3.63, 3.8) is 0 Å². The van der Waals surface area contributed by atoms with Gasteiger partial charge in [-0.2, -0.15) is 0 Å². The second-order valence-corrected chi connectivity index (χ2v) is 5.50. The van der Waals surface area contributed by atoms with Crippen LogP contribution in [0.4, 0.5) is 0 Å². The zero-order valence-corrected chi connectivity index (χ0v) is 11.6. The molecule has 4 heteroatoms. The first-order valence-corrected chi connectivity index (χ1v) is 6.91.